The quantitative estimate of drug-likeness (QED) is 0.161. The lowest BCUT2D eigenvalue weighted by atomic mass is 10.1. The average Bonchev–Trinajstić information content (AvgIpc) is 4.10. The summed E-state index contributed by atoms with van der Waals surface area (Å²) in [5.41, 5.74) is 12.7. The SMILES string of the molecule is CC(c1ccc2ncccc2c1)n1nnc2ccc(-c3cnn(CCO)c3)nc21.Cc1[nH]nc2cc(-c3ccc4nnn(Cc5ccc6ncccc6c5)c4n3)ccc12. The normalized spacial score (nSPS) is 12.1. The second kappa shape index (κ2) is 14.9. The second-order valence-corrected chi connectivity index (χ2v) is 14.3. The molecule has 0 fully saturated rings. The van der Waals surface area contributed by atoms with E-state index in [1.807, 2.05) is 71.0 Å². The Hall–Kier alpha value is -7.78. The minimum atomic E-state index is -0.0375. The molecule has 11 rings (SSSR count). The van der Waals surface area contributed by atoms with Gasteiger partial charge < -0.3 is 5.11 Å². The zero-order chi connectivity index (χ0) is 39.9. The van der Waals surface area contributed by atoms with Gasteiger partial charge in [-0.25, -0.2) is 19.3 Å². The fraction of sp³-hybridized carbons (Fsp3) is 0.136. The summed E-state index contributed by atoms with van der Waals surface area (Å²) in [6, 6.07) is 34.4. The van der Waals surface area contributed by atoms with Crippen LogP contribution in [0.1, 0.15) is 29.8 Å². The van der Waals surface area contributed by atoms with Crippen molar-refractivity contribution in [3.05, 3.63) is 145 Å². The lowest BCUT2D eigenvalue weighted by molar-refractivity contribution is 0.269. The van der Waals surface area contributed by atoms with E-state index in [1.54, 1.807) is 23.3 Å². The van der Waals surface area contributed by atoms with Crippen LogP contribution >= 0.6 is 0 Å². The highest BCUT2D eigenvalue weighted by Gasteiger charge is 2.17. The fourth-order valence-corrected chi connectivity index (χ4v) is 7.29. The molecule has 288 valence electrons. The standard InChI is InChI=1S/C23H17N7.C21H19N7O/c1-14-18-6-5-17(12-22(18)27-26-14)20-8-9-21-23(25-20)30(29-28-21)13-15-4-7-19-16(11-15)3-2-10-24-19;1-14(15-4-5-18-16(11-15)3-2-8-22-18)28-21-20(25-26-28)7-6-19(24-21)17-12-23-27(13-17)9-10-29/h2-12H,13H2,1H3,(H,26,27);2-8,11-14,29H,9-10H2,1H3. The van der Waals surface area contributed by atoms with Gasteiger partial charge in [0.2, 0.25) is 0 Å². The van der Waals surface area contributed by atoms with Crippen molar-refractivity contribution in [3.63, 3.8) is 0 Å². The number of aromatic nitrogens is 14. The van der Waals surface area contributed by atoms with Gasteiger partial charge in [0.05, 0.1) is 59.9 Å². The fourth-order valence-electron chi connectivity index (χ4n) is 7.29. The maximum Gasteiger partial charge on any atom is 0.179 e. The minimum Gasteiger partial charge on any atom is -0.394 e. The summed E-state index contributed by atoms with van der Waals surface area (Å²) in [7, 11) is 0. The number of fused-ring (bicyclic) bond motifs is 5. The highest BCUT2D eigenvalue weighted by Crippen LogP contribution is 2.27. The largest absolute Gasteiger partial charge is 0.394 e. The highest BCUT2D eigenvalue weighted by molar-refractivity contribution is 5.86. The summed E-state index contributed by atoms with van der Waals surface area (Å²) in [6.07, 6.45) is 7.22. The Balaban J connectivity index is 0.000000143. The van der Waals surface area contributed by atoms with Crippen LogP contribution in [0.2, 0.25) is 0 Å². The summed E-state index contributed by atoms with van der Waals surface area (Å²) in [6.45, 7) is 5.19. The molecule has 0 spiro atoms. The Morgan fingerprint density at radius 2 is 1.41 bits per heavy atom. The van der Waals surface area contributed by atoms with E-state index in [0.29, 0.717) is 13.1 Å². The maximum absolute atomic E-state index is 9.08. The molecule has 0 aliphatic heterocycles. The summed E-state index contributed by atoms with van der Waals surface area (Å²) in [5, 5.41) is 41.3. The van der Waals surface area contributed by atoms with Gasteiger partial charge in [0, 0.05) is 51.6 Å². The summed E-state index contributed by atoms with van der Waals surface area (Å²) in [4.78, 5) is 18.4. The number of aliphatic hydroxyl groups excluding tert-OH is 1. The average molecular weight is 777 g/mol. The first-order valence-electron chi connectivity index (χ1n) is 19.2. The summed E-state index contributed by atoms with van der Waals surface area (Å²) >= 11 is 0. The van der Waals surface area contributed by atoms with Crippen LogP contribution in [-0.4, -0.2) is 81.6 Å². The molecule has 1 unspecified atom stereocenters. The number of H-pyrrole nitrogens is 1. The van der Waals surface area contributed by atoms with E-state index in [9.17, 15) is 0 Å². The zero-order valence-electron chi connectivity index (χ0n) is 32.1. The Bertz CT molecular complexity index is 3290. The topological polar surface area (TPSA) is 180 Å². The number of rotatable bonds is 8. The van der Waals surface area contributed by atoms with Gasteiger partial charge in [-0.2, -0.15) is 10.2 Å². The molecule has 3 aromatic carbocycles. The zero-order valence-corrected chi connectivity index (χ0v) is 32.1. The lowest BCUT2D eigenvalue weighted by Crippen LogP contribution is -2.09. The van der Waals surface area contributed by atoms with Gasteiger partial charge in [-0.05, 0) is 91.7 Å². The van der Waals surface area contributed by atoms with Gasteiger partial charge in [0.1, 0.15) is 11.0 Å². The molecule has 15 nitrogen and oxygen atoms in total. The van der Waals surface area contributed by atoms with Gasteiger partial charge in [0.25, 0.3) is 0 Å². The molecule has 2 N–H and O–H groups in total. The molecule has 1 atom stereocenters. The molecule has 0 saturated heterocycles. The van der Waals surface area contributed by atoms with E-state index >= 15 is 0 Å². The first-order valence-corrected chi connectivity index (χ1v) is 19.2. The van der Waals surface area contributed by atoms with Gasteiger partial charge in [0.15, 0.2) is 11.3 Å². The van der Waals surface area contributed by atoms with Crippen LogP contribution in [0, 0.1) is 6.92 Å². The van der Waals surface area contributed by atoms with Gasteiger partial charge >= 0.3 is 0 Å². The van der Waals surface area contributed by atoms with Crippen LogP contribution in [0.3, 0.4) is 0 Å². The molecule has 8 aromatic heterocycles. The smallest absolute Gasteiger partial charge is 0.179 e. The molecule has 0 radical (unpaired) electrons. The van der Waals surface area contributed by atoms with Crippen LogP contribution in [0.15, 0.2) is 128 Å². The molecule has 15 heteroatoms. The Kier molecular flexibility index (Phi) is 9.02. The molecule has 0 saturated carbocycles. The Morgan fingerprint density at radius 1 is 0.695 bits per heavy atom. The first kappa shape index (κ1) is 35.6. The van der Waals surface area contributed by atoms with E-state index in [4.69, 9.17) is 15.1 Å². The van der Waals surface area contributed by atoms with Crippen molar-refractivity contribution in [3.8, 4) is 22.5 Å². The number of benzene rings is 3. The van der Waals surface area contributed by atoms with Crippen LogP contribution < -0.4 is 0 Å². The Morgan fingerprint density at radius 3 is 2.22 bits per heavy atom. The molecule has 0 bridgehead atoms. The van der Waals surface area contributed by atoms with Crippen LogP contribution in [0.4, 0.5) is 0 Å². The second-order valence-electron chi connectivity index (χ2n) is 14.3. The lowest BCUT2D eigenvalue weighted by Gasteiger charge is -2.13. The number of nitrogens with one attached hydrogen (secondary N) is 1. The van der Waals surface area contributed by atoms with Gasteiger partial charge in [-0.3, -0.25) is 19.7 Å². The molecule has 0 aliphatic carbocycles. The number of pyridine rings is 4. The summed E-state index contributed by atoms with van der Waals surface area (Å²) < 4.78 is 5.38. The predicted octanol–water partition coefficient (Wildman–Crippen LogP) is 7.11. The first-order chi connectivity index (χ1) is 29.0. The molecular formula is C44H36N14O. The highest BCUT2D eigenvalue weighted by atomic mass is 16.3. The number of aliphatic hydroxyl groups is 1. The predicted molar refractivity (Wildman–Crippen MR) is 225 cm³/mol. The third-order valence-electron chi connectivity index (χ3n) is 10.5. The van der Waals surface area contributed by atoms with Crippen LogP contribution in [0.25, 0.3) is 77.6 Å². The monoisotopic (exact) mass is 776 g/mol. The third kappa shape index (κ3) is 6.89. The molecule has 0 aliphatic rings. The third-order valence-corrected chi connectivity index (χ3v) is 10.5. The number of hydrogen-bond donors (Lipinski definition) is 2. The van der Waals surface area contributed by atoms with E-state index in [1.165, 1.54) is 0 Å². The number of hydrogen-bond acceptors (Lipinski definition) is 11. The van der Waals surface area contributed by atoms with Crippen molar-refractivity contribution in [2.75, 3.05) is 6.61 Å². The Labute approximate surface area is 336 Å². The van der Waals surface area contributed by atoms with Crippen molar-refractivity contribution >= 4 is 55.0 Å². The molecule has 59 heavy (non-hydrogen) atoms. The number of aromatic amines is 1. The van der Waals surface area contributed by atoms with Crippen molar-refractivity contribution in [1.29, 1.82) is 0 Å². The van der Waals surface area contributed by atoms with Crippen molar-refractivity contribution in [1.82, 2.24) is 69.9 Å². The van der Waals surface area contributed by atoms with E-state index in [2.05, 4.69) is 107 Å². The van der Waals surface area contributed by atoms with Gasteiger partial charge in [-0.1, -0.05) is 46.8 Å². The summed E-state index contributed by atoms with van der Waals surface area (Å²) in [5.74, 6) is 0. The van der Waals surface area contributed by atoms with Crippen molar-refractivity contribution in [2.24, 2.45) is 0 Å². The number of aryl methyl sites for hydroxylation is 1. The van der Waals surface area contributed by atoms with E-state index in [0.717, 1.165) is 94.4 Å². The molecular weight excluding hydrogens is 741 g/mol. The van der Waals surface area contributed by atoms with E-state index < -0.39 is 0 Å². The van der Waals surface area contributed by atoms with Gasteiger partial charge in [-0.15, -0.1) is 10.2 Å². The van der Waals surface area contributed by atoms with Crippen molar-refractivity contribution in [2.45, 2.75) is 33.0 Å². The molecule has 0 amide bonds. The van der Waals surface area contributed by atoms with Crippen LogP contribution in [0.5, 0.6) is 0 Å². The molecule has 11 aromatic rings. The van der Waals surface area contributed by atoms with Crippen LogP contribution in [-0.2, 0) is 13.1 Å². The number of nitrogens with zero attached hydrogens (tertiary/aromatic N) is 13. The minimum absolute atomic E-state index is 0.0375. The van der Waals surface area contributed by atoms with E-state index in [-0.39, 0.29) is 12.6 Å². The molecule has 8 heterocycles. The maximum atomic E-state index is 9.08. The van der Waals surface area contributed by atoms with Crippen molar-refractivity contribution < 1.29 is 5.11 Å².